The van der Waals surface area contributed by atoms with Crippen molar-refractivity contribution in [2.24, 2.45) is 7.05 Å². The fourth-order valence-electron chi connectivity index (χ4n) is 3.47. The molecule has 2 heterocycles. The molecule has 1 aromatic carbocycles. The number of aryl methyl sites for hydroxylation is 3. The Morgan fingerprint density at radius 3 is 2.41 bits per heavy atom. The first-order chi connectivity index (χ1) is 13.7. The predicted molar refractivity (Wildman–Crippen MR) is 120 cm³/mol. The van der Waals surface area contributed by atoms with Crippen molar-refractivity contribution in [2.75, 3.05) is 4.90 Å². The minimum atomic E-state index is -0.0384. The van der Waals surface area contributed by atoms with E-state index in [4.69, 9.17) is 4.98 Å². The van der Waals surface area contributed by atoms with Gasteiger partial charge in [-0.1, -0.05) is 43.3 Å². The van der Waals surface area contributed by atoms with E-state index in [-0.39, 0.29) is 5.91 Å². The molecule has 1 amide bonds. The average molecular weight is 430 g/mol. The van der Waals surface area contributed by atoms with Crippen molar-refractivity contribution in [2.45, 2.75) is 58.4 Å². The van der Waals surface area contributed by atoms with Gasteiger partial charge in [0.15, 0.2) is 10.3 Å². The van der Waals surface area contributed by atoms with Gasteiger partial charge in [-0.15, -0.1) is 21.5 Å². The number of carbonyl (C=O) groups excluding carboxylic acids is 1. The van der Waals surface area contributed by atoms with Crippen molar-refractivity contribution in [1.29, 1.82) is 0 Å². The standard InChI is InChI=1S/C21H27N5OS2/c1-12(2)19-23-24-21(25(19)7)29-11-17-10-28-20(22-17)26(16(6)27)18-14(4)8-13(3)9-15(18)5/h8-10,12H,11H2,1-7H3. The molecule has 0 atom stereocenters. The molecule has 0 unspecified atom stereocenters. The van der Waals surface area contributed by atoms with E-state index in [1.54, 1.807) is 23.6 Å². The van der Waals surface area contributed by atoms with Gasteiger partial charge in [0, 0.05) is 31.0 Å². The number of nitrogens with zero attached hydrogens (tertiary/aromatic N) is 5. The summed E-state index contributed by atoms with van der Waals surface area (Å²) in [6.07, 6.45) is 0. The highest BCUT2D eigenvalue weighted by atomic mass is 32.2. The van der Waals surface area contributed by atoms with Crippen LogP contribution in [0.25, 0.3) is 0 Å². The maximum Gasteiger partial charge on any atom is 0.230 e. The Kier molecular flexibility index (Phi) is 6.43. The van der Waals surface area contributed by atoms with Gasteiger partial charge in [0.1, 0.15) is 5.82 Å². The van der Waals surface area contributed by atoms with Crippen molar-refractivity contribution < 1.29 is 4.79 Å². The predicted octanol–water partition coefficient (Wildman–Crippen LogP) is 5.30. The molecule has 8 heteroatoms. The van der Waals surface area contributed by atoms with Crippen LogP contribution in [0.15, 0.2) is 22.7 Å². The Hall–Kier alpha value is -2.19. The first-order valence-electron chi connectivity index (χ1n) is 9.54. The molecule has 0 aliphatic heterocycles. The van der Waals surface area contributed by atoms with E-state index >= 15 is 0 Å². The molecule has 0 aliphatic rings. The Labute approximate surface area is 180 Å². The van der Waals surface area contributed by atoms with E-state index in [2.05, 4.69) is 43.1 Å². The fraction of sp³-hybridized carbons (Fsp3) is 0.429. The summed E-state index contributed by atoms with van der Waals surface area (Å²) in [5.41, 5.74) is 5.19. The van der Waals surface area contributed by atoms with Crippen LogP contribution in [0, 0.1) is 20.8 Å². The van der Waals surface area contributed by atoms with Crippen LogP contribution < -0.4 is 4.90 Å². The molecule has 0 N–H and O–H groups in total. The van der Waals surface area contributed by atoms with E-state index in [9.17, 15) is 4.79 Å². The van der Waals surface area contributed by atoms with Crippen molar-refractivity contribution in [1.82, 2.24) is 19.7 Å². The number of hydrogen-bond acceptors (Lipinski definition) is 6. The van der Waals surface area contributed by atoms with Gasteiger partial charge in [0.2, 0.25) is 5.91 Å². The number of rotatable bonds is 6. The van der Waals surface area contributed by atoms with Crippen LogP contribution >= 0.6 is 23.1 Å². The van der Waals surface area contributed by atoms with Crippen LogP contribution in [0.1, 0.15) is 54.9 Å². The van der Waals surface area contributed by atoms with Crippen molar-refractivity contribution in [3.63, 3.8) is 0 Å². The Morgan fingerprint density at radius 2 is 1.86 bits per heavy atom. The second kappa shape index (κ2) is 8.67. The van der Waals surface area contributed by atoms with E-state index < -0.39 is 0 Å². The van der Waals surface area contributed by atoms with Crippen LogP contribution in [-0.4, -0.2) is 25.7 Å². The van der Waals surface area contributed by atoms with Crippen LogP contribution in [0.2, 0.25) is 0 Å². The number of aromatic nitrogens is 4. The molecule has 0 radical (unpaired) electrons. The molecule has 0 bridgehead atoms. The largest absolute Gasteiger partial charge is 0.309 e. The minimum absolute atomic E-state index is 0.0384. The van der Waals surface area contributed by atoms with Gasteiger partial charge >= 0.3 is 0 Å². The number of thioether (sulfide) groups is 1. The molecule has 3 rings (SSSR count). The summed E-state index contributed by atoms with van der Waals surface area (Å²) < 4.78 is 2.03. The summed E-state index contributed by atoms with van der Waals surface area (Å²) in [6, 6.07) is 4.20. The van der Waals surface area contributed by atoms with Gasteiger partial charge in [0.05, 0.1) is 11.4 Å². The summed E-state index contributed by atoms with van der Waals surface area (Å²) in [7, 11) is 1.99. The Morgan fingerprint density at radius 1 is 1.21 bits per heavy atom. The van der Waals surface area contributed by atoms with Gasteiger partial charge in [-0.2, -0.15) is 0 Å². The van der Waals surface area contributed by atoms with Crippen molar-refractivity contribution in [3.8, 4) is 0 Å². The molecule has 29 heavy (non-hydrogen) atoms. The number of carbonyl (C=O) groups is 1. The maximum absolute atomic E-state index is 12.5. The first-order valence-corrected chi connectivity index (χ1v) is 11.4. The molecular formula is C21H27N5OS2. The monoisotopic (exact) mass is 429 g/mol. The molecule has 6 nitrogen and oxygen atoms in total. The third-order valence-electron chi connectivity index (χ3n) is 4.64. The highest BCUT2D eigenvalue weighted by Gasteiger charge is 2.22. The van der Waals surface area contributed by atoms with Crippen LogP contribution in [-0.2, 0) is 17.6 Å². The fourth-order valence-corrected chi connectivity index (χ4v) is 5.26. The van der Waals surface area contributed by atoms with Gasteiger partial charge in [0.25, 0.3) is 0 Å². The Balaban J connectivity index is 1.83. The zero-order valence-corrected chi connectivity index (χ0v) is 19.6. The lowest BCUT2D eigenvalue weighted by atomic mass is 10.0. The molecule has 154 valence electrons. The van der Waals surface area contributed by atoms with Gasteiger partial charge in [-0.05, 0) is 31.9 Å². The van der Waals surface area contributed by atoms with Crippen LogP contribution in [0.3, 0.4) is 0 Å². The molecule has 0 aliphatic carbocycles. The number of thiazole rings is 1. The molecule has 3 aromatic rings. The van der Waals surface area contributed by atoms with Crippen LogP contribution in [0.4, 0.5) is 10.8 Å². The van der Waals surface area contributed by atoms with Crippen molar-refractivity contribution >= 4 is 39.8 Å². The smallest absolute Gasteiger partial charge is 0.230 e. The second-order valence-electron chi connectivity index (χ2n) is 7.57. The highest BCUT2D eigenvalue weighted by Crippen LogP contribution is 2.35. The molecule has 0 spiro atoms. The van der Waals surface area contributed by atoms with Gasteiger partial charge in [-0.3, -0.25) is 9.69 Å². The number of amides is 1. The van der Waals surface area contributed by atoms with Gasteiger partial charge < -0.3 is 4.57 Å². The summed E-state index contributed by atoms with van der Waals surface area (Å²) >= 11 is 3.10. The molecule has 0 saturated carbocycles. The lowest BCUT2D eigenvalue weighted by Crippen LogP contribution is -2.24. The third-order valence-corrected chi connectivity index (χ3v) is 6.57. The van der Waals surface area contributed by atoms with E-state index in [0.717, 1.165) is 33.5 Å². The SMILES string of the molecule is CC(=O)N(c1nc(CSc2nnc(C(C)C)n2C)cs1)c1c(C)cc(C)cc1C. The van der Waals surface area contributed by atoms with Crippen molar-refractivity contribution in [3.05, 3.63) is 45.7 Å². The zero-order valence-electron chi connectivity index (χ0n) is 18.0. The molecule has 0 saturated heterocycles. The summed E-state index contributed by atoms with van der Waals surface area (Å²) in [5, 5.41) is 12.1. The average Bonchev–Trinajstić information content (AvgIpc) is 3.22. The van der Waals surface area contributed by atoms with Crippen LogP contribution in [0.5, 0.6) is 0 Å². The number of hydrogen-bond donors (Lipinski definition) is 0. The highest BCUT2D eigenvalue weighted by molar-refractivity contribution is 7.98. The topological polar surface area (TPSA) is 63.9 Å². The quantitative estimate of drug-likeness (QED) is 0.498. The lowest BCUT2D eigenvalue weighted by Gasteiger charge is -2.23. The second-order valence-corrected chi connectivity index (χ2v) is 9.35. The normalized spacial score (nSPS) is 11.3. The summed E-state index contributed by atoms with van der Waals surface area (Å²) in [5.74, 6) is 1.94. The third kappa shape index (κ3) is 4.53. The van der Waals surface area contributed by atoms with E-state index in [0.29, 0.717) is 16.8 Å². The summed E-state index contributed by atoms with van der Waals surface area (Å²) in [6.45, 7) is 11.9. The zero-order chi connectivity index (χ0) is 21.3. The molecule has 0 fully saturated rings. The number of benzene rings is 1. The summed E-state index contributed by atoms with van der Waals surface area (Å²) in [4.78, 5) is 19.0. The first kappa shape index (κ1) is 21.5. The van der Waals surface area contributed by atoms with Gasteiger partial charge in [-0.25, -0.2) is 4.98 Å². The maximum atomic E-state index is 12.5. The van der Waals surface area contributed by atoms with E-state index in [1.807, 2.05) is 30.8 Å². The lowest BCUT2D eigenvalue weighted by molar-refractivity contribution is -0.115. The minimum Gasteiger partial charge on any atom is -0.309 e. The molecular weight excluding hydrogens is 402 g/mol. The Bertz CT molecular complexity index is 1010. The molecule has 2 aromatic heterocycles. The number of anilines is 2. The van der Waals surface area contributed by atoms with E-state index in [1.165, 1.54) is 16.9 Å².